The number of amides is 1. The van der Waals surface area contributed by atoms with Crippen molar-refractivity contribution in [1.29, 1.82) is 0 Å². The highest BCUT2D eigenvalue weighted by Crippen LogP contribution is 2.52. The zero-order valence-corrected chi connectivity index (χ0v) is 18.4. The normalized spacial score (nSPS) is 29.4. The molecule has 1 amide bonds. The second-order valence-corrected chi connectivity index (χ2v) is 10.1. The van der Waals surface area contributed by atoms with Gasteiger partial charge in [0.2, 0.25) is 0 Å². The minimum Gasteiger partial charge on any atom is -0.487 e. The highest BCUT2D eigenvalue weighted by Gasteiger charge is 2.47. The number of oxazole rings is 1. The summed E-state index contributed by atoms with van der Waals surface area (Å²) in [6.45, 7) is 1.32. The topological polar surface area (TPSA) is 67.6 Å². The Morgan fingerprint density at radius 3 is 2.44 bits per heavy atom. The summed E-state index contributed by atoms with van der Waals surface area (Å²) < 4.78 is 65.2. The van der Waals surface area contributed by atoms with Gasteiger partial charge in [0, 0.05) is 24.8 Å². The fourth-order valence-corrected chi connectivity index (χ4v) is 5.67. The van der Waals surface area contributed by atoms with Crippen molar-refractivity contribution in [3.63, 3.8) is 0 Å². The maximum atomic E-state index is 14.6. The number of carbonyl (C=O) groups is 1. The van der Waals surface area contributed by atoms with Crippen molar-refractivity contribution in [3.8, 4) is 5.75 Å². The highest BCUT2D eigenvalue weighted by molar-refractivity contribution is 6.03. The minimum atomic E-state index is -4.57. The largest absolute Gasteiger partial charge is 0.487 e. The molecule has 6 nitrogen and oxygen atoms in total. The standard InChI is InChI=1S/C24H25F4N3O3/c25-18-8-16(3-4-19(18)33-17-6-14-5-15(14)7-17)29-22(32)21-20(9-24(26,27)28)34-23(30-21)31-10-12-1-2-13(12)11-31/h3-4,8,12-15,17H,1-2,5-7,9-11H2,(H,29,32)/t12?,13?,14-,15?,17?/m0/s1. The molecule has 4 unspecified atom stereocenters. The van der Waals surface area contributed by atoms with Crippen molar-refractivity contribution >= 4 is 17.6 Å². The van der Waals surface area contributed by atoms with Crippen LogP contribution in [0.15, 0.2) is 22.6 Å². The monoisotopic (exact) mass is 479 g/mol. The number of aromatic nitrogens is 1. The quantitative estimate of drug-likeness (QED) is 0.578. The van der Waals surface area contributed by atoms with E-state index < -0.39 is 35.8 Å². The van der Waals surface area contributed by atoms with Crippen LogP contribution in [-0.2, 0) is 6.42 Å². The summed E-state index contributed by atoms with van der Waals surface area (Å²) >= 11 is 0. The first-order chi connectivity index (χ1) is 16.2. The first kappa shape index (κ1) is 21.7. The van der Waals surface area contributed by atoms with Gasteiger partial charge in [0.15, 0.2) is 17.3 Å². The van der Waals surface area contributed by atoms with Gasteiger partial charge in [-0.1, -0.05) is 0 Å². The van der Waals surface area contributed by atoms with Gasteiger partial charge >= 0.3 is 6.18 Å². The van der Waals surface area contributed by atoms with Gasteiger partial charge in [-0.25, -0.2) is 4.39 Å². The summed E-state index contributed by atoms with van der Waals surface area (Å²) in [4.78, 5) is 18.8. The number of carbonyl (C=O) groups excluding carboxylic acids is 1. The molecule has 10 heteroatoms. The third-order valence-corrected chi connectivity index (χ3v) is 7.70. The maximum absolute atomic E-state index is 14.6. The Hall–Kier alpha value is -2.78. The number of nitrogens with one attached hydrogen (secondary N) is 1. The van der Waals surface area contributed by atoms with Crippen molar-refractivity contribution < 1.29 is 31.5 Å². The Morgan fingerprint density at radius 2 is 1.82 bits per heavy atom. The van der Waals surface area contributed by atoms with Crippen molar-refractivity contribution in [2.24, 2.45) is 23.7 Å². The van der Waals surface area contributed by atoms with E-state index in [9.17, 15) is 22.4 Å². The number of hydrogen-bond acceptors (Lipinski definition) is 5. The predicted molar refractivity (Wildman–Crippen MR) is 114 cm³/mol. The number of benzene rings is 1. The van der Waals surface area contributed by atoms with Crippen LogP contribution in [0, 0.1) is 29.5 Å². The molecule has 0 spiro atoms. The van der Waals surface area contributed by atoms with Gasteiger partial charge in [-0.05, 0) is 67.9 Å². The molecule has 34 heavy (non-hydrogen) atoms. The highest BCUT2D eigenvalue weighted by atomic mass is 19.4. The lowest BCUT2D eigenvalue weighted by atomic mass is 9.77. The van der Waals surface area contributed by atoms with Crippen molar-refractivity contribution in [2.45, 2.75) is 50.8 Å². The second kappa shape index (κ2) is 7.88. The Bertz CT molecular complexity index is 1100. The lowest BCUT2D eigenvalue weighted by molar-refractivity contribution is -0.130. The molecule has 5 atom stereocenters. The number of halogens is 4. The van der Waals surface area contributed by atoms with Crippen LogP contribution in [0.4, 0.5) is 29.3 Å². The number of nitrogens with zero attached hydrogens (tertiary/aromatic N) is 2. The van der Waals surface area contributed by atoms with Crippen molar-refractivity contribution in [1.82, 2.24) is 4.98 Å². The zero-order valence-electron chi connectivity index (χ0n) is 18.4. The van der Waals surface area contributed by atoms with E-state index in [1.165, 1.54) is 18.6 Å². The average molecular weight is 479 g/mol. The van der Waals surface area contributed by atoms with Gasteiger partial charge in [-0.3, -0.25) is 4.79 Å². The van der Waals surface area contributed by atoms with Gasteiger partial charge in [0.1, 0.15) is 12.2 Å². The third kappa shape index (κ3) is 4.22. The summed E-state index contributed by atoms with van der Waals surface area (Å²) in [7, 11) is 0. The second-order valence-electron chi connectivity index (χ2n) is 10.1. The summed E-state index contributed by atoms with van der Waals surface area (Å²) in [5.41, 5.74) is -0.330. The molecule has 1 aromatic heterocycles. The van der Waals surface area contributed by atoms with Gasteiger partial charge in [0.25, 0.3) is 11.9 Å². The number of fused-ring (bicyclic) bond motifs is 2. The number of hydrogen-bond donors (Lipinski definition) is 1. The first-order valence-electron chi connectivity index (χ1n) is 11.8. The van der Waals surface area contributed by atoms with Crippen LogP contribution in [0.2, 0.25) is 0 Å². The van der Waals surface area contributed by atoms with E-state index in [2.05, 4.69) is 10.3 Å². The van der Waals surface area contributed by atoms with E-state index >= 15 is 0 Å². The van der Waals surface area contributed by atoms with Crippen LogP contribution < -0.4 is 15.0 Å². The minimum absolute atomic E-state index is 0.00186. The lowest BCUT2D eigenvalue weighted by Gasteiger charge is -2.27. The molecule has 1 aliphatic heterocycles. The van der Waals surface area contributed by atoms with E-state index in [4.69, 9.17) is 9.15 Å². The molecule has 6 rings (SSSR count). The van der Waals surface area contributed by atoms with E-state index in [1.807, 2.05) is 0 Å². The van der Waals surface area contributed by atoms with E-state index in [0.29, 0.717) is 36.8 Å². The molecule has 4 fully saturated rings. The van der Waals surface area contributed by atoms with Gasteiger partial charge < -0.3 is 19.4 Å². The fraction of sp³-hybridized carbons (Fsp3) is 0.583. The van der Waals surface area contributed by atoms with Gasteiger partial charge in [0.05, 0.1) is 6.10 Å². The van der Waals surface area contributed by atoms with Crippen LogP contribution in [0.1, 0.15) is 48.4 Å². The van der Waals surface area contributed by atoms with E-state index in [0.717, 1.165) is 31.7 Å². The molecular weight excluding hydrogens is 454 g/mol. The first-order valence-corrected chi connectivity index (χ1v) is 11.8. The van der Waals surface area contributed by atoms with E-state index in [1.54, 1.807) is 4.90 Å². The number of ether oxygens (including phenoxy) is 1. The Kier molecular flexibility index (Phi) is 5.04. The summed E-state index contributed by atoms with van der Waals surface area (Å²) in [5.74, 6) is 0.431. The molecule has 3 aliphatic carbocycles. The van der Waals surface area contributed by atoms with Crippen LogP contribution in [-0.4, -0.2) is 36.3 Å². The van der Waals surface area contributed by atoms with Crippen LogP contribution >= 0.6 is 0 Å². The molecule has 3 saturated carbocycles. The Labute approximate surface area is 193 Å². The molecule has 2 heterocycles. The molecule has 182 valence electrons. The van der Waals surface area contributed by atoms with Crippen molar-refractivity contribution in [3.05, 3.63) is 35.5 Å². The van der Waals surface area contributed by atoms with Gasteiger partial charge in [-0.2, -0.15) is 18.2 Å². The van der Waals surface area contributed by atoms with Crippen molar-refractivity contribution in [2.75, 3.05) is 23.3 Å². The molecule has 2 aromatic rings. The number of rotatable bonds is 6. The molecule has 1 aromatic carbocycles. The molecule has 0 radical (unpaired) electrons. The average Bonchev–Trinajstić information content (AvgIpc) is 3.05. The summed E-state index contributed by atoms with van der Waals surface area (Å²) in [6.07, 6.45) is -0.731. The van der Waals surface area contributed by atoms with Crippen LogP contribution in [0.5, 0.6) is 5.75 Å². The number of anilines is 2. The SMILES string of the molecule is O=C(Nc1ccc(OC2CC3C[C@H]3C2)c(F)c1)c1nc(N2CC3CCC3C2)oc1CC(F)(F)F. The maximum Gasteiger partial charge on any atom is 0.396 e. The predicted octanol–water partition coefficient (Wildman–Crippen LogP) is 5.19. The van der Waals surface area contributed by atoms with E-state index in [-0.39, 0.29) is 23.6 Å². The van der Waals surface area contributed by atoms with Crippen LogP contribution in [0.25, 0.3) is 0 Å². The molecule has 0 bridgehead atoms. The smallest absolute Gasteiger partial charge is 0.396 e. The van der Waals surface area contributed by atoms with Crippen LogP contribution in [0.3, 0.4) is 0 Å². The summed E-state index contributed by atoms with van der Waals surface area (Å²) in [6, 6.07) is 4.03. The lowest BCUT2D eigenvalue weighted by Crippen LogP contribution is -2.22. The summed E-state index contributed by atoms with van der Waals surface area (Å²) in [5, 5.41) is 2.45. The Morgan fingerprint density at radius 1 is 1.12 bits per heavy atom. The van der Waals surface area contributed by atoms with Gasteiger partial charge in [-0.15, -0.1) is 0 Å². The third-order valence-electron chi connectivity index (χ3n) is 7.70. The zero-order chi connectivity index (χ0) is 23.6. The molecular formula is C24H25F4N3O3. The fourth-order valence-electron chi connectivity index (χ4n) is 5.67. The molecule has 4 aliphatic rings. The molecule has 1 N–H and O–H groups in total. The number of alkyl halides is 3. The Balaban J connectivity index is 1.17. The molecule has 1 saturated heterocycles.